The molecule has 0 aromatic heterocycles. The van der Waals surface area contributed by atoms with E-state index < -0.39 is 6.04 Å². The molecule has 1 aromatic carbocycles. The summed E-state index contributed by atoms with van der Waals surface area (Å²) in [4.78, 5) is 27.8. The summed E-state index contributed by atoms with van der Waals surface area (Å²) in [6.45, 7) is 12.2. The molecule has 1 heterocycles. The molecule has 0 bridgehead atoms. The van der Waals surface area contributed by atoms with Crippen LogP contribution in [0.15, 0.2) is 24.3 Å². The van der Waals surface area contributed by atoms with Gasteiger partial charge in [0.05, 0.1) is 0 Å². The molecule has 2 amide bonds. The van der Waals surface area contributed by atoms with E-state index in [9.17, 15) is 9.59 Å². The second-order valence-corrected chi connectivity index (χ2v) is 8.33. The highest BCUT2D eigenvalue weighted by Crippen LogP contribution is 2.12. The number of amides is 2. The molecule has 2 atom stereocenters. The summed E-state index contributed by atoms with van der Waals surface area (Å²) in [6, 6.07) is 6.96. The van der Waals surface area contributed by atoms with E-state index in [2.05, 4.69) is 36.3 Å². The van der Waals surface area contributed by atoms with Crippen molar-refractivity contribution in [2.75, 3.05) is 26.2 Å². The number of hydrogen-bond donors (Lipinski definition) is 2. The highest BCUT2D eigenvalue weighted by atomic mass is 16.2. The van der Waals surface area contributed by atoms with E-state index in [0.29, 0.717) is 30.4 Å². The van der Waals surface area contributed by atoms with Gasteiger partial charge in [0.1, 0.15) is 6.04 Å². The minimum atomic E-state index is -0.504. The van der Waals surface area contributed by atoms with Crippen molar-refractivity contribution in [2.45, 2.75) is 53.0 Å². The number of benzene rings is 1. The van der Waals surface area contributed by atoms with Gasteiger partial charge in [-0.25, -0.2) is 0 Å². The number of hydrogen-bond acceptors (Lipinski definition) is 3. The minimum Gasteiger partial charge on any atom is -0.354 e. The molecular formula is C22H35N3O2. The number of carbonyl (C=O) groups excluding carboxylic acids is 2. The predicted molar refractivity (Wildman–Crippen MR) is 110 cm³/mol. The lowest BCUT2D eigenvalue weighted by molar-refractivity contribution is -0.123. The number of likely N-dealkylation sites (tertiary alicyclic amines) is 1. The van der Waals surface area contributed by atoms with Gasteiger partial charge in [0.2, 0.25) is 5.91 Å². The minimum absolute atomic E-state index is 0.0843. The standard InChI is InChI=1S/C22H35N3O2/c1-16(2)13-20(24-21(26)19-10-6-5-9-18(19)4)22(27)23-14-17(3)15-25-11-7-8-12-25/h5-6,9-10,16-17,20H,7-8,11-15H2,1-4H3,(H,23,27)(H,24,26). The first-order chi connectivity index (χ1) is 12.9. The van der Waals surface area contributed by atoms with Crippen molar-refractivity contribution < 1.29 is 9.59 Å². The maximum absolute atomic E-state index is 12.7. The lowest BCUT2D eigenvalue weighted by atomic mass is 10.0. The molecule has 0 aliphatic carbocycles. The summed E-state index contributed by atoms with van der Waals surface area (Å²) < 4.78 is 0. The summed E-state index contributed by atoms with van der Waals surface area (Å²) in [5.41, 5.74) is 1.54. The van der Waals surface area contributed by atoms with E-state index in [1.165, 1.54) is 25.9 Å². The molecular weight excluding hydrogens is 338 g/mol. The zero-order valence-electron chi connectivity index (χ0n) is 17.3. The average Bonchev–Trinajstić information content (AvgIpc) is 3.12. The third-order valence-electron chi connectivity index (χ3n) is 5.11. The van der Waals surface area contributed by atoms with Gasteiger partial charge in [0, 0.05) is 18.7 Å². The fraction of sp³-hybridized carbons (Fsp3) is 0.636. The van der Waals surface area contributed by atoms with Crippen molar-refractivity contribution in [3.05, 3.63) is 35.4 Å². The van der Waals surface area contributed by atoms with Crippen molar-refractivity contribution in [2.24, 2.45) is 11.8 Å². The smallest absolute Gasteiger partial charge is 0.252 e. The molecule has 5 nitrogen and oxygen atoms in total. The lowest BCUT2D eigenvalue weighted by Gasteiger charge is -2.23. The first-order valence-electron chi connectivity index (χ1n) is 10.2. The highest BCUT2D eigenvalue weighted by Gasteiger charge is 2.24. The molecule has 1 fully saturated rings. The van der Waals surface area contributed by atoms with Crippen LogP contribution in [0.5, 0.6) is 0 Å². The first kappa shape index (κ1) is 21.4. The van der Waals surface area contributed by atoms with Crippen LogP contribution >= 0.6 is 0 Å². The van der Waals surface area contributed by atoms with Gasteiger partial charge in [-0.2, -0.15) is 0 Å². The molecule has 2 unspecified atom stereocenters. The summed E-state index contributed by atoms with van der Waals surface area (Å²) in [7, 11) is 0. The Morgan fingerprint density at radius 1 is 1.11 bits per heavy atom. The van der Waals surface area contributed by atoms with Gasteiger partial charge in [0.15, 0.2) is 0 Å². The third-order valence-corrected chi connectivity index (χ3v) is 5.11. The van der Waals surface area contributed by atoms with Crippen LogP contribution in [0.4, 0.5) is 0 Å². The van der Waals surface area contributed by atoms with Crippen LogP contribution in [-0.4, -0.2) is 48.9 Å². The van der Waals surface area contributed by atoms with Crippen LogP contribution in [0.2, 0.25) is 0 Å². The Morgan fingerprint density at radius 2 is 1.78 bits per heavy atom. The molecule has 5 heteroatoms. The molecule has 1 saturated heterocycles. The number of nitrogens with one attached hydrogen (secondary N) is 2. The van der Waals surface area contributed by atoms with E-state index in [-0.39, 0.29) is 11.8 Å². The SMILES string of the molecule is Cc1ccccc1C(=O)NC(CC(C)C)C(=O)NCC(C)CN1CCCC1. The van der Waals surface area contributed by atoms with Crippen molar-refractivity contribution in [1.29, 1.82) is 0 Å². The molecule has 1 aromatic rings. The summed E-state index contributed by atoms with van der Waals surface area (Å²) in [5, 5.41) is 5.99. The van der Waals surface area contributed by atoms with Gasteiger partial charge < -0.3 is 15.5 Å². The average molecular weight is 374 g/mol. The van der Waals surface area contributed by atoms with Crippen LogP contribution in [0, 0.1) is 18.8 Å². The van der Waals surface area contributed by atoms with Crippen molar-refractivity contribution in [3.63, 3.8) is 0 Å². The van der Waals surface area contributed by atoms with Crippen LogP contribution in [0.25, 0.3) is 0 Å². The Balaban J connectivity index is 1.90. The van der Waals surface area contributed by atoms with Crippen LogP contribution < -0.4 is 10.6 Å². The predicted octanol–water partition coefficient (Wildman–Crippen LogP) is 2.99. The van der Waals surface area contributed by atoms with E-state index in [1.54, 1.807) is 6.07 Å². The second kappa shape index (κ2) is 10.5. The molecule has 1 aliphatic heterocycles. The van der Waals surface area contributed by atoms with Crippen molar-refractivity contribution in [3.8, 4) is 0 Å². The number of aryl methyl sites for hydroxylation is 1. The van der Waals surface area contributed by atoms with Crippen LogP contribution in [0.3, 0.4) is 0 Å². The normalized spacial score (nSPS) is 16.9. The summed E-state index contributed by atoms with van der Waals surface area (Å²) in [6.07, 6.45) is 3.19. The number of nitrogens with zero attached hydrogens (tertiary/aromatic N) is 1. The van der Waals surface area contributed by atoms with Crippen LogP contribution in [-0.2, 0) is 4.79 Å². The number of carbonyl (C=O) groups is 2. The maximum Gasteiger partial charge on any atom is 0.252 e. The Morgan fingerprint density at radius 3 is 2.41 bits per heavy atom. The van der Waals surface area contributed by atoms with Gasteiger partial charge in [-0.1, -0.05) is 39.0 Å². The summed E-state index contributed by atoms with van der Waals surface area (Å²) >= 11 is 0. The molecule has 0 spiro atoms. The van der Waals surface area contributed by atoms with Gasteiger partial charge in [0.25, 0.3) is 5.91 Å². The first-order valence-corrected chi connectivity index (χ1v) is 10.2. The van der Waals surface area contributed by atoms with Gasteiger partial charge >= 0.3 is 0 Å². The van der Waals surface area contributed by atoms with E-state index in [1.807, 2.05) is 25.1 Å². The molecule has 2 N–H and O–H groups in total. The Hall–Kier alpha value is -1.88. The monoisotopic (exact) mass is 373 g/mol. The maximum atomic E-state index is 12.7. The summed E-state index contributed by atoms with van der Waals surface area (Å²) in [5.74, 6) is 0.455. The Bertz CT molecular complexity index is 624. The van der Waals surface area contributed by atoms with Gasteiger partial charge in [-0.3, -0.25) is 9.59 Å². The Kier molecular flexibility index (Phi) is 8.29. The quantitative estimate of drug-likeness (QED) is 0.699. The van der Waals surface area contributed by atoms with Crippen molar-refractivity contribution in [1.82, 2.24) is 15.5 Å². The third kappa shape index (κ3) is 6.98. The molecule has 0 radical (unpaired) electrons. The fourth-order valence-corrected chi connectivity index (χ4v) is 3.64. The highest BCUT2D eigenvalue weighted by molar-refractivity contribution is 5.98. The van der Waals surface area contributed by atoms with Gasteiger partial charge in [-0.05, 0) is 62.7 Å². The van der Waals surface area contributed by atoms with E-state index in [4.69, 9.17) is 0 Å². The molecule has 150 valence electrons. The van der Waals surface area contributed by atoms with Crippen LogP contribution in [0.1, 0.15) is 56.0 Å². The van der Waals surface area contributed by atoms with E-state index in [0.717, 1.165) is 12.1 Å². The molecule has 2 rings (SSSR count). The van der Waals surface area contributed by atoms with Crippen molar-refractivity contribution >= 4 is 11.8 Å². The molecule has 0 saturated carbocycles. The largest absolute Gasteiger partial charge is 0.354 e. The van der Waals surface area contributed by atoms with E-state index >= 15 is 0 Å². The zero-order chi connectivity index (χ0) is 19.8. The fourth-order valence-electron chi connectivity index (χ4n) is 3.64. The molecule has 27 heavy (non-hydrogen) atoms. The zero-order valence-corrected chi connectivity index (χ0v) is 17.3. The topological polar surface area (TPSA) is 61.4 Å². The number of rotatable bonds is 9. The second-order valence-electron chi connectivity index (χ2n) is 8.33. The van der Waals surface area contributed by atoms with Gasteiger partial charge in [-0.15, -0.1) is 0 Å². The Labute approximate surface area is 163 Å². The lowest BCUT2D eigenvalue weighted by Crippen LogP contribution is -2.48. The molecule has 1 aliphatic rings.